The Kier molecular flexibility index (Phi) is 4.54. The van der Waals surface area contributed by atoms with Gasteiger partial charge in [-0.25, -0.2) is 12.8 Å². The number of hydrogen-bond donors (Lipinski definition) is 0. The van der Waals surface area contributed by atoms with Crippen LogP contribution in [0.4, 0.5) is 10.1 Å². The lowest BCUT2D eigenvalue weighted by molar-refractivity contribution is 0.588. The number of sulfonamides is 1. The molecule has 0 heterocycles. The van der Waals surface area contributed by atoms with Crippen molar-refractivity contribution in [3.05, 3.63) is 59.4 Å². The molecule has 0 bridgehead atoms. The molecular weight excluding hydrogens is 313 g/mol. The van der Waals surface area contributed by atoms with E-state index in [4.69, 9.17) is 11.6 Å². The third-order valence-corrected chi connectivity index (χ3v) is 5.33. The predicted molar refractivity (Wildman–Crippen MR) is 82.7 cm³/mol. The lowest BCUT2D eigenvalue weighted by Crippen LogP contribution is -2.27. The molecule has 0 aliphatic heterocycles. The second-order valence-corrected chi connectivity index (χ2v) is 6.90. The molecule has 0 N–H and O–H groups in total. The molecule has 112 valence electrons. The van der Waals surface area contributed by atoms with Crippen molar-refractivity contribution < 1.29 is 12.8 Å². The maximum atomic E-state index is 13.4. The van der Waals surface area contributed by atoms with E-state index in [2.05, 4.69) is 0 Å². The van der Waals surface area contributed by atoms with E-state index in [1.54, 1.807) is 18.2 Å². The van der Waals surface area contributed by atoms with Gasteiger partial charge in [-0.15, -0.1) is 11.6 Å². The molecule has 0 unspecified atom stereocenters. The van der Waals surface area contributed by atoms with Crippen LogP contribution in [-0.4, -0.2) is 15.5 Å². The Hall–Kier alpha value is -1.59. The van der Waals surface area contributed by atoms with Crippen molar-refractivity contribution >= 4 is 27.3 Å². The quantitative estimate of drug-likeness (QED) is 0.803. The fourth-order valence-electron chi connectivity index (χ4n) is 1.99. The second kappa shape index (κ2) is 6.03. The van der Waals surface area contributed by atoms with Gasteiger partial charge in [0.1, 0.15) is 5.82 Å². The summed E-state index contributed by atoms with van der Waals surface area (Å²) in [4.78, 5) is -0.110. The van der Waals surface area contributed by atoms with Crippen LogP contribution < -0.4 is 4.31 Å². The lowest BCUT2D eigenvalue weighted by Gasteiger charge is -2.21. The van der Waals surface area contributed by atoms with E-state index in [1.165, 1.54) is 19.2 Å². The first-order valence-electron chi connectivity index (χ1n) is 6.26. The molecule has 0 atom stereocenters. The van der Waals surface area contributed by atoms with E-state index in [9.17, 15) is 12.8 Å². The van der Waals surface area contributed by atoms with Gasteiger partial charge in [-0.2, -0.15) is 0 Å². The number of alkyl halides is 1. The summed E-state index contributed by atoms with van der Waals surface area (Å²) in [6.07, 6.45) is 0. The van der Waals surface area contributed by atoms with Gasteiger partial charge in [0.25, 0.3) is 10.0 Å². The highest BCUT2D eigenvalue weighted by Crippen LogP contribution is 2.26. The van der Waals surface area contributed by atoms with Crippen LogP contribution in [-0.2, 0) is 15.9 Å². The molecule has 0 radical (unpaired) electrons. The topological polar surface area (TPSA) is 37.4 Å². The number of benzene rings is 2. The fraction of sp³-hybridized carbons (Fsp3) is 0.200. The van der Waals surface area contributed by atoms with Gasteiger partial charge in [0.2, 0.25) is 0 Å². The molecule has 0 aliphatic rings. The first-order valence-corrected chi connectivity index (χ1v) is 8.23. The SMILES string of the molecule is Cc1cccc(N(C)S(=O)(=O)c2cc(F)ccc2CCl)c1. The highest BCUT2D eigenvalue weighted by atomic mass is 35.5. The Morgan fingerprint density at radius 2 is 1.90 bits per heavy atom. The Labute approximate surface area is 129 Å². The summed E-state index contributed by atoms with van der Waals surface area (Å²) in [6.45, 7) is 1.87. The van der Waals surface area contributed by atoms with Gasteiger partial charge in [-0.1, -0.05) is 18.2 Å². The molecule has 2 aromatic carbocycles. The van der Waals surface area contributed by atoms with Crippen molar-refractivity contribution in [1.82, 2.24) is 0 Å². The van der Waals surface area contributed by atoms with Crippen LogP contribution in [0.25, 0.3) is 0 Å². The summed E-state index contributed by atoms with van der Waals surface area (Å²) in [5.41, 5.74) is 1.82. The van der Waals surface area contributed by atoms with Gasteiger partial charge in [-0.3, -0.25) is 4.31 Å². The number of rotatable bonds is 4. The van der Waals surface area contributed by atoms with Crippen LogP contribution in [0.1, 0.15) is 11.1 Å². The van der Waals surface area contributed by atoms with Crippen LogP contribution in [0.15, 0.2) is 47.4 Å². The van der Waals surface area contributed by atoms with E-state index >= 15 is 0 Å². The van der Waals surface area contributed by atoms with Gasteiger partial charge >= 0.3 is 0 Å². The molecular formula is C15H15ClFNO2S. The number of anilines is 1. The number of aryl methyl sites for hydroxylation is 1. The Morgan fingerprint density at radius 1 is 1.19 bits per heavy atom. The van der Waals surface area contributed by atoms with E-state index in [1.807, 2.05) is 13.0 Å². The molecule has 0 saturated carbocycles. The molecule has 0 aromatic heterocycles. The molecule has 0 fully saturated rings. The van der Waals surface area contributed by atoms with Crippen molar-refractivity contribution in [3.8, 4) is 0 Å². The van der Waals surface area contributed by atoms with Gasteiger partial charge < -0.3 is 0 Å². The van der Waals surface area contributed by atoms with Crippen molar-refractivity contribution in [2.75, 3.05) is 11.4 Å². The Morgan fingerprint density at radius 3 is 2.52 bits per heavy atom. The zero-order valence-corrected chi connectivity index (χ0v) is 13.2. The van der Waals surface area contributed by atoms with Crippen molar-refractivity contribution in [3.63, 3.8) is 0 Å². The van der Waals surface area contributed by atoms with Gasteiger partial charge in [0, 0.05) is 12.9 Å². The Balaban J connectivity index is 2.54. The van der Waals surface area contributed by atoms with Crippen molar-refractivity contribution in [1.29, 1.82) is 0 Å². The standard InChI is InChI=1S/C15H15ClFNO2S/c1-11-4-3-5-14(8-11)18(2)21(19,20)15-9-13(17)7-6-12(15)10-16/h3-9H,10H2,1-2H3. The van der Waals surface area contributed by atoms with Crippen LogP contribution in [0, 0.1) is 12.7 Å². The van der Waals surface area contributed by atoms with Crippen molar-refractivity contribution in [2.45, 2.75) is 17.7 Å². The lowest BCUT2D eigenvalue weighted by atomic mass is 10.2. The molecule has 2 rings (SSSR count). The first-order chi connectivity index (χ1) is 9.86. The number of hydrogen-bond acceptors (Lipinski definition) is 2. The van der Waals surface area contributed by atoms with Crippen LogP contribution in [0.3, 0.4) is 0 Å². The molecule has 6 heteroatoms. The zero-order chi connectivity index (χ0) is 15.6. The highest BCUT2D eigenvalue weighted by Gasteiger charge is 2.24. The fourth-order valence-corrected chi connectivity index (χ4v) is 3.72. The third-order valence-electron chi connectivity index (χ3n) is 3.18. The largest absolute Gasteiger partial charge is 0.269 e. The summed E-state index contributed by atoms with van der Waals surface area (Å²) in [5.74, 6) is -0.615. The Bertz CT molecular complexity index is 762. The van der Waals surface area contributed by atoms with E-state index in [0.29, 0.717) is 11.3 Å². The van der Waals surface area contributed by atoms with E-state index in [0.717, 1.165) is 15.9 Å². The molecule has 0 spiro atoms. The number of halogens is 2. The maximum absolute atomic E-state index is 13.4. The number of nitrogens with zero attached hydrogens (tertiary/aromatic N) is 1. The van der Waals surface area contributed by atoms with Gasteiger partial charge in [-0.05, 0) is 42.3 Å². The normalized spacial score (nSPS) is 11.4. The average molecular weight is 328 g/mol. The first kappa shape index (κ1) is 15.8. The van der Waals surface area contributed by atoms with Gasteiger partial charge in [0.05, 0.1) is 10.6 Å². The van der Waals surface area contributed by atoms with Crippen LogP contribution in [0.2, 0.25) is 0 Å². The summed E-state index contributed by atoms with van der Waals surface area (Å²) in [5, 5.41) is 0. The second-order valence-electron chi connectivity index (χ2n) is 4.70. The molecule has 2 aromatic rings. The summed E-state index contributed by atoms with van der Waals surface area (Å²) in [6, 6.07) is 10.7. The van der Waals surface area contributed by atoms with Crippen molar-refractivity contribution in [2.24, 2.45) is 0 Å². The molecule has 21 heavy (non-hydrogen) atoms. The average Bonchev–Trinajstić information content (AvgIpc) is 2.46. The molecule has 3 nitrogen and oxygen atoms in total. The van der Waals surface area contributed by atoms with Gasteiger partial charge in [0.15, 0.2) is 0 Å². The van der Waals surface area contributed by atoms with E-state index < -0.39 is 15.8 Å². The van der Waals surface area contributed by atoms with E-state index in [-0.39, 0.29) is 10.8 Å². The smallest absolute Gasteiger partial charge is 0.264 e. The highest BCUT2D eigenvalue weighted by molar-refractivity contribution is 7.92. The minimum Gasteiger partial charge on any atom is -0.269 e. The molecule has 0 aliphatic carbocycles. The summed E-state index contributed by atoms with van der Waals surface area (Å²) < 4.78 is 39.9. The minimum atomic E-state index is -3.87. The monoisotopic (exact) mass is 327 g/mol. The molecule has 0 amide bonds. The third kappa shape index (κ3) is 3.19. The minimum absolute atomic E-state index is 0.00347. The maximum Gasteiger partial charge on any atom is 0.264 e. The summed E-state index contributed by atoms with van der Waals surface area (Å²) >= 11 is 5.76. The van der Waals surface area contributed by atoms with Crippen LogP contribution in [0.5, 0.6) is 0 Å². The predicted octanol–water partition coefficient (Wildman–Crippen LogP) is 3.70. The summed E-state index contributed by atoms with van der Waals surface area (Å²) in [7, 11) is -2.43. The van der Waals surface area contributed by atoms with Crippen LogP contribution >= 0.6 is 11.6 Å². The zero-order valence-electron chi connectivity index (χ0n) is 11.7. The molecule has 0 saturated heterocycles.